The van der Waals surface area contributed by atoms with E-state index in [9.17, 15) is 9.59 Å². The van der Waals surface area contributed by atoms with Crippen LogP contribution in [0.2, 0.25) is 5.02 Å². The van der Waals surface area contributed by atoms with Crippen LogP contribution in [0, 0.1) is 11.8 Å². The molecule has 0 spiro atoms. The number of fused-ring (bicyclic) bond motifs is 1. The number of nitrogens with one attached hydrogen (secondary N) is 1. The van der Waals surface area contributed by atoms with E-state index in [1.165, 1.54) is 18.3 Å². The van der Waals surface area contributed by atoms with E-state index in [-0.39, 0.29) is 24.0 Å². The van der Waals surface area contributed by atoms with Gasteiger partial charge in [-0.15, -0.1) is 11.3 Å². The number of carbonyl (C=O) groups excluding carboxylic acids is 2. The number of amides is 2. The van der Waals surface area contributed by atoms with Crippen molar-refractivity contribution in [3.8, 4) is 0 Å². The van der Waals surface area contributed by atoms with Crippen LogP contribution in [0.5, 0.6) is 0 Å². The van der Waals surface area contributed by atoms with Gasteiger partial charge in [0.15, 0.2) is 0 Å². The molecule has 2 heterocycles. The summed E-state index contributed by atoms with van der Waals surface area (Å²) in [5.74, 6) is 0.810. The van der Waals surface area contributed by atoms with Crippen molar-refractivity contribution in [1.82, 2.24) is 10.2 Å². The van der Waals surface area contributed by atoms with Crippen molar-refractivity contribution in [3.05, 3.63) is 21.3 Å². The smallest absolute Gasteiger partial charge is 0.265 e. The summed E-state index contributed by atoms with van der Waals surface area (Å²) >= 11 is 7.47. The Balaban J connectivity index is 1.69. The largest absolute Gasteiger partial charge is 0.379 e. The summed E-state index contributed by atoms with van der Waals surface area (Å²) in [6, 6.07) is 1.79. The first-order valence-electron chi connectivity index (χ1n) is 7.81. The number of thiophene rings is 1. The second-order valence-electron chi connectivity index (χ2n) is 6.38. The normalized spacial score (nSPS) is 30.1. The third-order valence-electron chi connectivity index (χ3n) is 4.91. The predicted molar refractivity (Wildman–Crippen MR) is 89.8 cm³/mol. The molecule has 4 atom stereocenters. The van der Waals surface area contributed by atoms with Crippen molar-refractivity contribution in [1.29, 1.82) is 0 Å². The van der Waals surface area contributed by atoms with E-state index >= 15 is 0 Å². The third kappa shape index (κ3) is 3.39. The van der Waals surface area contributed by atoms with Crippen molar-refractivity contribution < 1.29 is 14.3 Å². The molecule has 2 amide bonds. The Morgan fingerprint density at radius 1 is 1.35 bits per heavy atom. The number of likely N-dealkylation sites (tertiary alicyclic amines) is 1. The van der Waals surface area contributed by atoms with Gasteiger partial charge in [0.05, 0.1) is 17.2 Å². The number of ether oxygens (including phenoxy) is 1. The van der Waals surface area contributed by atoms with E-state index in [4.69, 9.17) is 16.3 Å². The summed E-state index contributed by atoms with van der Waals surface area (Å²) in [5, 5.41) is 5.36. The third-order valence-corrected chi connectivity index (χ3v) is 6.24. The first kappa shape index (κ1) is 16.7. The predicted octanol–water partition coefficient (Wildman–Crippen LogP) is 2.40. The number of hydrogen-bond donors (Lipinski definition) is 1. The van der Waals surface area contributed by atoms with Crippen molar-refractivity contribution in [2.75, 3.05) is 20.2 Å². The fourth-order valence-electron chi connectivity index (χ4n) is 3.84. The summed E-state index contributed by atoms with van der Waals surface area (Å²) in [5.41, 5.74) is 0. The minimum Gasteiger partial charge on any atom is -0.379 e. The average Bonchev–Trinajstić information content (AvgIpc) is 3.10. The van der Waals surface area contributed by atoms with E-state index in [2.05, 4.69) is 5.32 Å². The molecule has 0 aromatic carbocycles. The van der Waals surface area contributed by atoms with Crippen LogP contribution in [0.3, 0.4) is 0 Å². The minimum absolute atomic E-state index is 0.0144. The second kappa shape index (κ2) is 6.79. The lowest BCUT2D eigenvalue weighted by molar-refractivity contribution is -0.121. The lowest BCUT2D eigenvalue weighted by Crippen LogP contribution is -2.49. The van der Waals surface area contributed by atoms with Gasteiger partial charge in [-0.3, -0.25) is 9.59 Å². The van der Waals surface area contributed by atoms with Crippen molar-refractivity contribution >= 4 is 34.8 Å². The van der Waals surface area contributed by atoms with E-state index in [0.29, 0.717) is 21.7 Å². The van der Waals surface area contributed by atoms with Gasteiger partial charge in [-0.05, 0) is 36.1 Å². The first-order valence-corrected chi connectivity index (χ1v) is 9.07. The van der Waals surface area contributed by atoms with Gasteiger partial charge in [-0.25, -0.2) is 0 Å². The van der Waals surface area contributed by atoms with Gasteiger partial charge in [0.1, 0.15) is 4.88 Å². The minimum atomic E-state index is -0.0354. The van der Waals surface area contributed by atoms with Gasteiger partial charge in [0.2, 0.25) is 5.91 Å². The van der Waals surface area contributed by atoms with Crippen LogP contribution in [0.25, 0.3) is 0 Å². The first-order chi connectivity index (χ1) is 11.0. The van der Waals surface area contributed by atoms with Crippen LogP contribution < -0.4 is 5.32 Å². The Bertz CT molecular complexity index is 606. The molecule has 0 radical (unpaired) electrons. The lowest BCUT2D eigenvalue weighted by Gasteiger charge is -2.37. The second-order valence-corrected chi connectivity index (χ2v) is 7.70. The van der Waals surface area contributed by atoms with Gasteiger partial charge in [-0.1, -0.05) is 11.6 Å². The number of halogens is 1. The zero-order valence-electron chi connectivity index (χ0n) is 13.3. The van der Waals surface area contributed by atoms with Crippen LogP contribution in [0.1, 0.15) is 29.4 Å². The Morgan fingerprint density at radius 3 is 2.61 bits per heavy atom. The molecule has 1 aliphatic heterocycles. The molecule has 126 valence electrons. The number of rotatable bonds is 3. The number of methoxy groups -OCH3 is 1. The van der Waals surface area contributed by atoms with Crippen LogP contribution in [-0.4, -0.2) is 49.1 Å². The molecule has 23 heavy (non-hydrogen) atoms. The number of hydrogen-bond acceptors (Lipinski definition) is 4. The zero-order chi connectivity index (χ0) is 16.6. The van der Waals surface area contributed by atoms with Gasteiger partial charge >= 0.3 is 0 Å². The molecule has 1 saturated carbocycles. The molecular formula is C16H21ClN2O3S. The highest BCUT2D eigenvalue weighted by atomic mass is 35.5. The maximum Gasteiger partial charge on any atom is 0.265 e. The van der Waals surface area contributed by atoms with E-state index in [1.807, 2.05) is 10.3 Å². The summed E-state index contributed by atoms with van der Waals surface area (Å²) in [6.07, 6.45) is 1.74. The van der Waals surface area contributed by atoms with Gasteiger partial charge in [-0.2, -0.15) is 0 Å². The Labute approximate surface area is 144 Å². The maximum atomic E-state index is 12.6. The fraction of sp³-hybridized carbons (Fsp3) is 0.625. The molecule has 5 nitrogen and oxygen atoms in total. The van der Waals surface area contributed by atoms with Crippen LogP contribution in [0.4, 0.5) is 0 Å². The van der Waals surface area contributed by atoms with Gasteiger partial charge < -0.3 is 15.0 Å². The van der Waals surface area contributed by atoms with Crippen molar-refractivity contribution in [2.24, 2.45) is 11.8 Å². The molecule has 0 unspecified atom stereocenters. The Morgan fingerprint density at radius 2 is 2.04 bits per heavy atom. The molecular weight excluding hydrogens is 336 g/mol. The Kier molecular flexibility index (Phi) is 4.94. The highest BCUT2D eigenvalue weighted by Gasteiger charge is 2.44. The number of carbonyl (C=O) groups is 2. The van der Waals surface area contributed by atoms with E-state index in [0.717, 1.165) is 25.9 Å². The molecule has 3 rings (SSSR count). The van der Waals surface area contributed by atoms with Gasteiger partial charge in [0, 0.05) is 27.1 Å². The molecule has 1 saturated heterocycles. The van der Waals surface area contributed by atoms with Gasteiger partial charge in [0.25, 0.3) is 5.91 Å². The SMILES string of the molecule is CO[C@@H]1C[C@H]2CN(C(=O)c3sccc3Cl)C[C@H]2C[C@H]1NC(C)=O. The summed E-state index contributed by atoms with van der Waals surface area (Å²) < 4.78 is 5.56. The van der Waals surface area contributed by atoms with Crippen molar-refractivity contribution in [3.63, 3.8) is 0 Å². The highest BCUT2D eigenvalue weighted by Crippen LogP contribution is 2.38. The quantitative estimate of drug-likeness (QED) is 0.904. The summed E-state index contributed by atoms with van der Waals surface area (Å²) in [6.45, 7) is 3.00. The summed E-state index contributed by atoms with van der Waals surface area (Å²) in [4.78, 5) is 26.5. The number of nitrogens with zero attached hydrogens (tertiary/aromatic N) is 1. The lowest BCUT2D eigenvalue weighted by atomic mass is 9.77. The van der Waals surface area contributed by atoms with Crippen molar-refractivity contribution in [2.45, 2.75) is 31.9 Å². The van der Waals surface area contributed by atoms with E-state index in [1.54, 1.807) is 13.2 Å². The fourth-order valence-corrected chi connectivity index (χ4v) is 4.95. The van der Waals surface area contributed by atoms with E-state index < -0.39 is 0 Å². The summed E-state index contributed by atoms with van der Waals surface area (Å²) in [7, 11) is 1.68. The van der Waals surface area contributed by atoms with Crippen LogP contribution >= 0.6 is 22.9 Å². The maximum absolute atomic E-state index is 12.6. The molecule has 1 aliphatic carbocycles. The molecule has 1 aromatic heterocycles. The van der Waals surface area contributed by atoms with Crippen LogP contribution in [-0.2, 0) is 9.53 Å². The monoisotopic (exact) mass is 356 g/mol. The molecule has 1 aromatic rings. The Hall–Kier alpha value is -1.11. The molecule has 2 aliphatic rings. The topological polar surface area (TPSA) is 58.6 Å². The molecule has 7 heteroatoms. The molecule has 1 N–H and O–H groups in total. The zero-order valence-corrected chi connectivity index (χ0v) is 14.8. The average molecular weight is 357 g/mol. The highest BCUT2D eigenvalue weighted by molar-refractivity contribution is 7.12. The molecule has 2 fully saturated rings. The standard InChI is InChI=1S/C16H21ClN2O3S/c1-9(20)18-13-5-10-7-19(8-11(10)6-14(13)22-2)16(21)15-12(17)3-4-23-15/h3-4,10-11,13-14H,5-8H2,1-2H3,(H,18,20)/t10-,11+,13-,14-/m1/s1. The van der Waals surface area contributed by atoms with Crippen LogP contribution in [0.15, 0.2) is 11.4 Å². The molecule has 0 bridgehead atoms.